The zero-order valence-electron chi connectivity index (χ0n) is 14.6. The van der Waals surface area contributed by atoms with E-state index in [2.05, 4.69) is 38.2 Å². The molecule has 0 bridgehead atoms. The third-order valence-electron chi connectivity index (χ3n) is 4.07. The Labute approximate surface area is 139 Å². The van der Waals surface area contributed by atoms with Crippen molar-refractivity contribution in [2.75, 3.05) is 6.54 Å². The molecule has 1 aromatic carbocycles. The van der Waals surface area contributed by atoms with Gasteiger partial charge in [0.1, 0.15) is 0 Å². The number of amides is 1. The molecule has 23 heavy (non-hydrogen) atoms. The predicted octanol–water partition coefficient (Wildman–Crippen LogP) is 3.70. The number of aliphatic carboxylic acids is 1. The van der Waals surface area contributed by atoms with Crippen LogP contribution in [0.5, 0.6) is 0 Å². The van der Waals surface area contributed by atoms with E-state index in [-0.39, 0.29) is 12.3 Å². The molecule has 0 fully saturated rings. The third kappa shape index (κ3) is 7.82. The number of aryl methyl sites for hydroxylation is 3. The van der Waals surface area contributed by atoms with Crippen molar-refractivity contribution in [3.63, 3.8) is 0 Å². The van der Waals surface area contributed by atoms with E-state index < -0.39 is 5.97 Å². The Morgan fingerprint density at radius 1 is 0.957 bits per heavy atom. The van der Waals surface area contributed by atoms with Gasteiger partial charge in [-0.15, -0.1) is 0 Å². The molecule has 0 atom stereocenters. The summed E-state index contributed by atoms with van der Waals surface area (Å²) in [5.74, 6) is -0.648. The third-order valence-corrected chi connectivity index (χ3v) is 4.07. The molecule has 0 spiro atoms. The van der Waals surface area contributed by atoms with Crippen LogP contribution in [0.25, 0.3) is 0 Å². The van der Waals surface area contributed by atoms with Crippen LogP contribution in [-0.4, -0.2) is 23.5 Å². The highest BCUT2D eigenvalue weighted by Gasteiger charge is 2.09. The number of hydrogen-bond acceptors (Lipinski definition) is 2. The summed E-state index contributed by atoms with van der Waals surface area (Å²) in [5, 5.41) is 11.5. The summed E-state index contributed by atoms with van der Waals surface area (Å²) >= 11 is 0. The van der Waals surface area contributed by atoms with Gasteiger partial charge in [-0.3, -0.25) is 9.59 Å². The maximum atomic E-state index is 12.0. The number of hydrogen-bond donors (Lipinski definition) is 2. The van der Waals surface area contributed by atoms with Crippen molar-refractivity contribution in [1.29, 1.82) is 0 Å². The first-order valence-electron chi connectivity index (χ1n) is 8.45. The smallest absolute Gasteiger partial charge is 0.303 e. The van der Waals surface area contributed by atoms with Crippen LogP contribution in [-0.2, 0) is 16.0 Å². The van der Waals surface area contributed by atoms with Gasteiger partial charge in [0.2, 0.25) is 5.91 Å². The van der Waals surface area contributed by atoms with Crippen molar-refractivity contribution in [3.8, 4) is 0 Å². The number of unbranched alkanes of at least 4 members (excludes halogenated alkanes) is 4. The van der Waals surface area contributed by atoms with Gasteiger partial charge in [0.15, 0.2) is 0 Å². The summed E-state index contributed by atoms with van der Waals surface area (Å²) in [4.78, 5) is 22.4. The molecular weight excluding hydrogens is 290 g/mol. The molecule has 0 radical (unpaired) electrons. The maximum absolute atomic E-state index is 12.0. The molecule has 1 rings (SSSR count). The fraction of sp³-hybridized carbons (Fsp3) is 0.579. The lowest BCUT2D eigenvalue weighted by Gasteiger charge is -2.11. The fourth-order valence-corrected chi connectivity index (χ4v) is 2.87. The zero-order chi connectivity index (χ0) is 17.2. The van der Waals surface area contributed by atoms with Gasteiger partial charge in [-0.25, -0.2) is 0 Å². The first kappa shape index (κ1) is 19.2. The minimum atomic E-state index is -0.723. The zero-order valence-corrected chi connectivity index (χ0v) is 14.6. The minimum absolute atomic E-state index is 0.0749. The molecule has 0 heterocycles. The molecule has 0 aliphatic heterocycles. The largest absolute Gasteiger partial charge is 0.481 e. The molecule has 4 heteroatoms. The van der Waals surface area contributed by atoms with Gasteiger partial charge in [0.25, 0.3) is 0 Å². The van der Waals surface area contributed by atoms with Gasteiger partial charge in [-0.05, 0) is 50.3 Å². The first-order chi connectivity index (χ1) is 10.9. The van der Waals surface area contributed by atoms with Crippen LogP contribution >= 0.6 is 0 Å². The second-order valence-corrected chi connectivity index (χ2v) is 6.32. The van der Waals surface area contributed by atoms with Gasteiger partial charge in [-0.1, -0.05) is 37.0 Å². The highest BCUT2D eigenvalue weighted by molar-refractivity contribution is 5.79. The topological polar surface area (TPSA) is 66.4 Å². The van der Waals surface area contributed by atoms with E-state index in [1.54, 1.807) is 0 Å². The van der Waals surface area contributed by atoms with Crippen molar-refractivity contribution >= 4 is 11.9 Å². The van der Waals surface area contributed by atoms with Crippen molar-refractivity contribution in [2.24, 2.45) is 0 Å². The highest BCUT2D eigenvalue weighted by Crippen LogP contribution is 2.16. The van der Waals surface area contributed by atoms with E-state index in [4.69, 9.17) is 5.11 Å². The number of carbonyl (C=O) groups is 2. The average Bonchev–Trinajstić information content (AvgIpc) is 2.45. The number of nitrogens with one attached hydrogen (secondary N) is 1. The Morgan fingerprint density at radius 3 is 2.13 bits per heavy atom. The summed E-state index contributed by atoms with van der Waals surface area (Å²) in [6.07, 6.45) is 5.39. The summed E-state index contributed by atoms with van der Waals surface area (Å²) < 4.78 is 0. The standard InChI is InChI=1S/C19H29NO3/c1-14-11-15(2)17(16(3)12-14)13-18(21)20-10-8-6-4-5-7-9-19(22)23/h11-12H,4-10,13H2,1-3H3,(H,20,21)(H,22,23). The maximum Gasteiger partial charge on any atom is 0.303 e. The van der Waals surface area contributed by atoms with Crippen LogP contribution in [0, 0.1) is 20.8 Å². The van der Waals surface area contributed by atoms with E-state index in [0.29, 0.717) is 13.0 Å². The summed E-state index contributed by atoms with van der Waals surface area (Å²) in [5.41, 5.74) is 4.71. The van der Waals surface area contributed by atoms with Crippen molar-refractivity contribution in [2.45, 2.75) is 65.7 Å². The van der Waals surface area contributed by atoms with E-state index in [0.717, 1.165) is 37.7 Å². The molecule has 0 aliphatic rings. The number of rotatable bonds is 10. The van der Waals surface area contributed by atoms with Crippen molar-refractivity contribution < 1.29 is 14.7 Å². The summed E-state index contributed by atoms with van der Waals surface area (Å²) in [6.45, 7) is 6.88. The molecule has 0 aromatic heterocycles. The minimum Gasteiger partial charge on any atom is -0.481 e. The fourth-order valence-electron chi connectivity index (χ4n) is 2.87. The van der Waals surface area contributed by atoms with Gasteiger partial charge in [-0.2, -0.15) is 0 Å². The molecule has 1 amide bonds. The Hall–Kier alpha value is -1.84. The van der Waals surface area contributed by atoms with Gasteiger partial charge in [0.05, 0.1) is 6.42 Å². The summed E-state index contributed by atoms with van der Waals surface area (Å²) in [6, 6.07) is 4.24. The molecule has 4 nitrogen and oxygen atoms in total. The molecule has 0 unspecified atom stereocenters. The Kier molecular flexibility index (Phi) is 8.38. The normalized spacial score (nSPS) is 10.6. The number of carbonyl (C=O) groups excluding carboxylic acids is 1. The van der Waals surface area contributed by atoms with Crippen LogP contribution < -0.4 is 5.32 Å². The van der Waals surface area contributed by atoms with E-state index in [1.807, 2.05) is 0 Å². The van der Waals surface area contributed by atoms with Crippen molar-refractivity contribution in [1.82, 2.24) is 5.32 Å². The highest BCUT2D eigenvalue weighted by atomic mass is 16.4. The number of benzene rings is 1. The van der Waals surface area contributed by atoms with Crippen LogP contribution in [0.4, 0.5) is 0 Å². The Bertz CT molecular complexity index is 514. The monoisotopic (exact) mass is 319 g/mol. The van der Waals surface area contributed by atoms with Gasteiger partial charge >= 0.3 is 5.97 Å². The van der Waals surface area contributed by atoms with E-state index in [9.17, 15) is 9.59 Å². The second-order valence-electron chi connectivity index (χ2n) is 6.32. The van der Waals surface area contributed by atoms with Crippen molar-refractivity contribution in [3.05, 3.63) is 34.4 Å². The number of carboxylic acid groups (broad SMARTS) is 1. The Morgan fingerprint density at radius 2 is 1.52 bits per heavy atom. The molecule has 0 saturated heterocycles. The van der Waals surface area contributed by atoms with Crippen LogP contribution in [0.1, 0.15) is 60.8 Å². The van der Waals surface area contributed by atoms with E-state index in [1.165, 1.54) is 16.7 Å². The molecule has 1 aromatic rings. The van der Waals surface area contributed by atoms with Crippen LogP contribution in [0.3, 0.4) is 0 Å². The lowest BCUT2D eigenvalue weighted by atomic mass is 9.97. The lowest BCUT2D eigenvalue weighted by Crippen LogP contribution is -2.26. The molecular formula is C19H29NO3. The average molecular weight is 319 g/mol. The molecule has 0 saturated carbocycles. The molecule has 128 valence electrons. The van der Waals surface area contributed by atoms with Gasteiger partial charge in [0, 0.05) is 13.0 Å². The Balaban J connectivity index is 2.19. The van der Waals surface area contributed by atoms with Gasteiger partial charge < -0.3 is 10.4 Å². The first-order valence-corrected chi connectivity index (χ1v) is 8.45. The SMILES string of the molecule is Cc1cc(C)c(CC(=O)NCCCCCCCC(=O)O)c(C)c1. The number of carboxylic acids is 1. The van der Waals surface area contributed by atoms with E-state index >= 15 is 0 Å². The summed E-state index contributed by atoms with van der Waals surface area (Å²) in [7, 11) is 0. The second kappa shape index (κ2) is 10.0. The lowest BCUT2D eigenvalue weighted by molar-refractivity contribution is -0.137. The predicted molar refractivity (Wildman–Crippen MR) is 92.7 cm³/mol. The molecule has 0 aliphatic carbocycles. The van der Waals surface area contributed by atoms with Crippen LogP contribution in [0.2, 0.25) is 0 Å². The van der Waals surface area contributed by atoms with Crippen LogP contribution in [0.15, 0.2) is 12.1 Å². The molecule has 2 N–H and O–H groups in total. The quantitative estimate of drug-likeness (QED) is 0.646.